The van der Waals surface area contributed by atoms with E-state index in [0.717, 1.165) is 5.75 Å². The molecular formula is C16H15BrN4O3S. The van der Waals surface area contributed by atoms with Crippen molar-refractivity contribution in [1.82, 2.24) is 9.97 Å². The molecule has 1 aliphatic rings. The fraction of sp³-hybridized carbons (Fsp3) is 0.250. The molecule has 1 aliphatic heterocycles. The standard InChI is InChI=1S/C16H15BrN4O3S/c1-2-25-16-20-13-12(15(24)21-16)8(7-11(22)19-13)14(23)18-10-6-4-3-5-9(10)17/h3-6,8H,2,7H2,1H3,(H,18,23)(H2,19,20,21,22,24). The summed E-state index contributed by atoms with van der Waals surface area (Å²) in [4.78, 5) is 44.0. The zero-order valence-corrected chi connectivity index (χ0v) is 15.7. The van der Waals surface area contributed by atoms with E-state index in [0.29, 0.717) is 15.3 Å². The van der Waals surface area contributed by atoms with Crippen LogP contribution in [0.1, 0.15) is 24.8 Å². The highest BCUT2D eigenvalue weighted by Gasteiger charge is 2.34. The molecule has 0 spiro atoms. The number of anilines is 2. The molecule has 9 heteroatoms. The van der Waals surface area contributed by atoms with Gasteiger partial charge in [0.05, 0.1) is 17.2 Å². The minimum atomic E-state index is -0.896. The van der Waals surface area contributed by atoms with Crippen molar-refractivity contribution in [3.8, 4) is 0 Å². The largest absolute Gasteiger partial charge is 0.325 e. The topological polar surface area (TPSA) is 104 Å². The number of aromatic amines is 1. The second-order valence-corrected chi connectivity index (χ2v) is 7.45. The minimum absolute atomic E-state index is 0.103. The Morgan fingerprint density at radius 1 is 1.40 bits per heavy atom. The summed E-state index contributed by atoms with van der Waals surface area (Å²) >= 11 is 4.71. The van der Waals surface area contributed by atoms with Gasteiger partial charge in [0, 0.05) is 10.9 Å². The third kappa shape index (κ3) is 3.77. The van der Waals surface area contributed by atoms with Crippen molar-refractivity contribution in [3.63, 3.8) is 0 Å². The number of thioether (sulfide) groups is 1. The van der Waals surface area contributed by atoms with Crippen LogP contribution >= 0.6 is 27.7 Å². The normalized spacial score (nSPS) is 16.1. The van der Waals surface area contributed by atoms with Crippen LogP contribution in [0.3, 0.4) is 0 Å². The number of amides is 2. The number of nitrogens with one attached hydrogen (secondary N) is 3. The number of halogens is 1. The molecule has 1 aromatic heterocycles. The zero-order chi connectivity index (χ0) is 18.0. The van der Waals surface area contributed by atoms with Gasteiger partial charge in [0.2, 0.25) is 11.8 Å². The van der Waals surface area contributed by atoms with Gasteiger partial charge in [0.15, 0.2) is 5.16 Å². The lowest BCUT2D eigenvalue weighted by Gasteiger charge is -2.23. The van der Waals surface area contributed by atoms with Crippen molar-refractivity contribution < 1.29 is 9.59 Å². The molecule has 2 heterocycles. The van der Waals surface area contributed by atoms with Gasteiger partial charge in [-0.1, -0.05) is 30.8 Å². The Balaban J connectivity index is 1.96. The maximum Gasteiger partial charge on any atom is 0.257 e. The number of benzene rings is 1. The molecule has 3 N–H and O–H groups in total. The zero-order valence-electron chi connectivity index (χ0n) is 13.3. The molecule has 0 radical (unpaired) electrons. The summed E-state index contributed by atoms with van der Waals surface area (Å²) in [5, 5.41) is 5.76. The maximum absolute atomic E-state index is 12.7. The van der Waals surface area contributed by atoms with Crippen molar-refractivity contribution in [2.45, 2.75) is 24.4 Å². The second kappa shape index (κ2) is 7.40. The first-order chi connectivity index (χ1) is 12.0. The van der Waals surface area contributed by atoms with E-state index >= 15 is 0 Å². The number of fused-ring (bicyclic) bond motifs is 1. The lowest BCUT2D eigenvalue weighted by molar-refractivity contribution is -0.123. The number of carbonyl (C=O) groups excluding carboxylic acids is 2. The summed E-state index contributed by atoms with van der Waals surface area (Å²) in [7, 11) is 0. The van der Waals surface area contributed by atoms with Gasteiger partial charge in [-0.2, -0.15) is 0 Å². The van der Waals surface area contributed by atoms with Crippen LogP contribution in [0.2, 0.25) is 0 Å². The quantitative estimate of drug-likeness (QED) is 0.518. The average molecular weight is 423 g/mol. The first-order valence-electron chi connectivity index (χ1n) is 7.61. The van der Waals surface area contributed by atoms with Gasteiger partial charge in [0.25, 0.3) is 5.56 Å². The van der Waals surface area contributed by atoms with E-state index in [1.54, 1.807) is 18.2 Å². The fourth-order valence-corrected chi connectivity index (χ4v) is 3.54. The Kier molecular flexibility index (Phi) is 5.24. The highest BCUT2D eigenvalue weighted by atomic mass is 79.9. The number of H-pyrrole nitrogens is 1. The Morgan fingerprint density at radius 2 is 2.16 bits per heavy atom. The minimum Gasteiger partial charge on any atom is -0.325 e. The summed E-state index contributed by atoms with van der Waals surface area (Å²) in [5.74, 6) is -0.783. The van der Waals surface area contributed by atoms with Crippen molar-refractivity contribution >= 4 is 51.0 Å². The summed E-state index contributed by atoms with van der Waals surface area (Å²) in [5.41, 5.74) is 0.348. The van der Waals surface area contributed by atoms with Gasteiger partial charge in [-0.25, -0.2) is 4.98 Å². The summed E-state index contributed by atoms with van der Waals surface area (Å²) in [6, 6.07) is 7.13. The number of carbonyl (C=O) groups is 2. The molecule has 1 atom stereocenters. The van der Waals surface area contributed by atoms with E-state index in [1.165, 1.54) is 11.8 Å². The van der Waals surface area contributed by atoms with E-state index < -0.39 is 17.4 Å². The summed E-state index contributed by atoms with van der Waals surface area (Å²) in [6.45, 7) is 1.93. The average Bonchev–Trinajstić information content (AvgIpc) is 2.56. The van der Waals surface area contributed by atoms with E-state index in [1.807, 2.05) is 13.0 Å². The van der Waals surface area contributed by atoms with Crippen LogP contribution < -0.4 is 16.2 Å². The Labute approximate surface area is 156 Å². The van der Waals surface area contributed by atoms with Gasteiger partial charge >= 0.3 is 0 Å². The monoisotopic (exact) mass is 422 g/mol. The Hall–Kier alpha value is -2.13. The third-order valence-corrected chi connectivity index (χ3v) is 5.11. The molecule has 3 rings (SSSR count). The molecule has 0 saturated carbocycles. The molecule has 0 bridgehead atoms. The fourth-order valence-electron chi connectivity index (χ4n) is 2.56. The maximum atomic E-state index is 12.7. The van der Waals surface area contributed by atoms with Crippen LogP contribution in [0, 0.1) is 0 Å². The molecule has 1 unspecified atom stereocenters. The SMILES string of the molecule is CCSc1nc2c(c(=O)[nH]1)C(C(=O)Nc1ccccc1Br)CC(=O)N2. The number of rotatable bonds is 4. The van der Waals surface area contributed by atoms with Gasteiger partial charge in [-0.3, -0.25) is 14.4 Å². The molecule has 0 fully saturated rings. The van der Waals surface area contributed by atoms with E-state index in [2.05, 4.69) is 36.5 Å². The van der Waals surface area contributed by atoms with Crippen LogP contribution in [-0.4, -0.2) is 27.5 Å². The molecule has 2 amide bonds. The van der Waals surface area contributed by atoms with Crippen molar-refractivity contribution in [2.24, 2.45) is 0 Å². The lowest BCUT2D eigenvalue weighted by atomic mass is 9.92. The first kappa shape index (κ1) is 17.7. The predicted octanol–water partition coefficient (Wildman–Crippen LogP) is 2.71. The number of nitrogens with zero attached hydrogens (tertiary/aromatic N) is 1. The van der Waals surface area contributed by atoms with Crippen molar-refractivity contribution in [2.75, 3.05) is 16.4 Å². The first-order valence-corrected chi connectivity index (χ1v) is 9.39. The number of para-hydroxylation sites is 1. The van der Waals surface area contributed by atoms with Crippen LogP contribution in [0.25, 0.3) is 0 Å². The highest BCUT2D eigenvalue weighted by molar-refractivity contribution is 9.10. The van der Waals surface area contributed by atoms with Crippen LogP contribution in [-0.2, 0) is 9.59 Å². The van der Waals surface area contributed by atoms with E-state index in [9.17, 15) is 14.4 Å². The van der Waals surface area contributed by atoms with Gasteiger partial charge in [-0.15, -0.1) is 0 Å². The van der Waals surface area contributed by atoms with Crippen molar-refractivity contribution in [1.29, 1.82) is 0 Å². The molecule has 2 aromatic rings. The van der Waals surface area contributed by atoms with Gasteiger partial charge < -0.3 is 15.6 Å². The lowest BCUT2D eigenvalue weighted by Crippen LogP contribution is -2.36. The summed E-state index contributed by atoms with van der Waals surface area (Å²) in [6.07, 6.45) is -0.103. The molecule has 7 nitrogen and oxygen atoms in total. The smallest absolute Gasteiger partial charge is 0.257 e. The molecular weight excluding hydrogens is 408 g/mol. The van der Waals surface area contributed by atoms with E-state index in [4.69, 9.17) is 0 Å². The van der Waals surface area contributed by atoms with Gasteiger partial charge in [-0.05, 0) is 33.8 Å². The molecule has 130 valence electrons. The molecule has 1 aromatic carbocycles. The summed E-state index contributed by atoms with van der Waals surface area (Å²) < 4.78 is 0.713. The van der Waals surface area contributed by atoms with Crippen LogP contribution in [0.4, 0.5) is 11.5 Å². The molecule has 0 aliphatic carbocycles. The molecule has 0 saturated heterocycles. The Morgan fingerprint density at radius 3 is 2.88 bits per heavy atom. The number of hydrogen-bond acceptors (Lipinski definition) is 5. The predicted molar refractivity (Wildman–Crippen MR) is 100 cm³/mol. The van der Waals surface area contributed by atoms with Crippen molar-refractivity contribution in [3.05, 3.63) is 44.7 Å². The van der Waals surface area contributed by atoms with Gasteiger partial charge in [0.1, 0.15) is 5.82 Å². The highest BCUT2D eigenvalue weighted by Crippen LogP contribution is 2.31. The van der Waals surface area contributed by atoms with Crippen LogP contribution in [0.15, 0.2) is 38.7 Å². The number of aromatic nitrogens is 2. The number of hydrogen-bond donors (Lipinski definition) is 3. The third-order valence-electron chi connectivity index (χ3n) is 3.66. The van der Waals surface area contributed by atoms with E-state index in [-0.39, 0.29) is 23.7 Å². The molecule has 25 heavy (non-hydrogen) atoms. The second-order valence-electron chi connectivity index (χ2n) is 5.34. The van der Waals surface area contributed by atoms with Crippen LogP contribution in [0.5, 0.6) is 0 Å². The Bertz CT molecular complexity index is 899.